The third-order valence-electron chi connectivity index (χ3n) is 3.05. The Balaban J connectivity index is 2.18. The minimum atomic E-state index is -0.148. The summed E-state index contributed by atoms with van der Waals surface area (Å²) < 4.78 is 16.3. The topological polar surface area (TPSA) is 20.7 Å². The molecule has 0 aliphatic carbocycles. The minimum absolute atomic E-state index is 0.148. The van der Waals surface area contributed by atoms with Crippen LogP contribution in [-0.2, 0) is 13.0 Å². The van der Waals surface area contributed by atoms with Crippen molar-refractivity contribution in [1.82, 2.24) is 9.55 Å². The van der Waals surface area contributed by atoms with Crippen LogP contribution in [0.5, 0.6) is 0 Å². The molecule has 0 atom stereocenters. The Hall–Kier alpha value is -1.42. The molecule has 0 bridgehead atoms. The lowest BCUT2D eigenvalue weighted by molar-refractivity contribution is 0.580. The number of aromatic nitrogens is 2. The molecule has 2 nitrogen and oxygen atoms in total. The smallest absolute Gasteiger partial charge is 0.177 e. The maximum Gasteiger partial charge on any atom is 0.177 e. The van der Waals surface area contributed by atoms with Crippen molar-refractivity contribution in [3.63, 3.8) is 0 Å². The average Bonchev–Trinajstić information content (AvgIpc) is 2.70. The van der Waals surface area contributed by atoms with Crippen molar-refractivity contribution in [2.45, 2.75) is 32.7 Å². The first-order valence-corrected chi connectivity index (χ1v) is 6.52. The molecular formula is C14H17FN2S. The number of aromatic amines is 1. The molecule has 1 heterocycles. The van der Waals surface area contributed by atoms with Crippen LogP contribution in [-0.4, -0.2) is 9.55 Å². The maximum atomic E-state index is 13.5. The van der Waals surface area contributed by atoms with Gasteiger partial charge in [0.25, 0.3) is 0 Å². The molecule has 2 aromatic rings. The fourth-order valence-corrected chi connectivity index (χ4v) is 2.31. The van der Waals surface area contributed by atoms with E-state index in [9.17, 15) is 4.39 Å². The van der Waals surface area contributed by atoms with Gasteiger partial charge in [-0.25, -0.2) is 4.39 Å². The van der Waals surface area contributed by atoms with Gasteiger partial charge in [-0.05, 0) is 36.2 Å². The predicted octanol–water partition coefficient (Wildman–Crippen LogP) is 4.05. The Morgan fingerprint density at radius 1 is 1.33 bits per heavy atom. The molecule has 4 heteroatoms. The van der Waals surface area contributed by atoms with Gasteiger partial charge in [0.05, 0.1) is 0 Å². The molecule has 1 aromatic heterocycles. The van der Waals surface area contributed by atoms with E-state index in [0.29, 0.717) is 23.7 Å². The second-order valence-electron chi connectivity index (χ2n) is 4.67. The van der Waals surface area contributed by atoms with Crippen molar-refractivity contribution in [2.24, 2.45) is 0 Å². The van der Waals surface area contributed by atoms with Crippen LogP contribution >= 0.6 is 12.2 Å². The number of H-pyrrole nitrogens is 1. The molecule has 0 saturated heterocycles. The summed E-state index contributed by atoms with van der Waals surface area (Å²) in [5, 5.41) is 0. The van der Waals surface area contributed by atoms with Crippen molar-refractivity contribution in [3.8, 4) is 0 Å². The Kier molecular flexibility index (Phi) is 3.97. The highest BCUT2D eigenvalue weighted by atomic mass is 32.1. The number of nitrogens with zero attached hydrogens (tertiary/aromatic N) is 1. The summed E-state index contributed by atoms with van der Waals surface area (Å²) in [5.41, 5.74) is 1.90. The third kappa shape index (κ3) is 2.70. The molecule has 18 heavy (non-hydrogen) atoms. The molecule has 0 amide bonds. The van der Waals surface area contributed by atoms with Crippen LogP contribution in [0.15, 0.2) is 30.5 Å². The fourth-order valence-electron chi connectivity index (χ4n) is 2.05. The van der Waals surface area contributed by atoms with Crippen molar-refractivity contribution in [2.75, 3.05) is 0 Å². The van der Waals surface area contributed by atoms with Crippen LogP contribution in [0.3, 0.4) is 0 Å². The van der Waals surface area contributed by atoms with Gasteiger partial charge in [-0.2, -0.15) is 0 Å². The quantitative estimate of drug-likeness (QED) is 0.826. The Bertz CT molecular complexity index is 583. The summed E-state index contributed by atoms with van der Waals surface area (Å²) in [6.45, 7) is 4.95. The summed E-state index contributed by atoms with van der Waals surface area (Å²) in [6, 6.07) is 6.88. The van der Waals surface area contributed by atoms with Gasteiger partial charge in [-0.15, -0.1) is 0 Å². The van der Waals surface area contributed by atoms with Crippen LogP contribution in [0.1, 0.15) is 31.0 Å². The van der Waals surface area contributed by atoms with Crippen LogP contribution in [0.4, 0.5) is 4.39 Å². The molecule has 2 rings (SSSR count). The lowest BCUT2D eigenvalue weighted by Gasteiger charge is -2.11. The zero-order valence-corrected chi connectivity index (χ0v) is 11.4. The highest BCUT2D eigenvalue weighted by molar-refractivity contribution is 7.71. The van der Waals surface area contributed by atoms with E-state index < -0.39 is 0 Å². The van der Waals surface area contributed by atoms with E-state index >= 15 is 0 Å². The zero-order chi connectivity index (χ0) is 13.1. The molecule has 0 aliphatic heterocycles. The molecule has 0 unspecified atom stereocenters. The molecule has 1 N–H and O–H groups in total. The van der Waals surface area contributed by atoms with Crippen LogP contribution in [0.2, 0.25) is 0 Å². The van der Waals surface area contributed by atoms with E-state index in [1.807, 2.05) is 22.9 Å². The second kappa shape index (κ2) is 5.48. The predicted molar refractivity (Wildman–Crippen MR) is 73.8 cm³/mol. The number of aryl methyl sites for hydroxylation is 1. The van der Waals surface area contributed by atoms with E-state index in [1.54, 1.807) is 6.07 Å². The van der Waals surface area contributed by atoms with Crippen molar-refractivity contribution in [3.05, 3.63) is 52.3 Å². The van der Waals surface area contributed by atoms with E-state index in [-0.39, 0.29) is 5.82 Å². The lowest BCUT2D eigenvalue weighted by Crippen LogP contribution is -2.07. The standard InChI is InChI=1S/C14H17FN2S/c1-10(2)13-9-16-14(18)17(13)8-7-11-5-3-4-6-12(11)15/h3-6,9-10H,7-8H2,1-2H3,(H,16,18). The van der Waals surface area contributed by atoms with Gasteiger partial charge in [-0.1, -0.05) is 32.0 Å². The van der Waals surface area contributed by atoms with Gasteiger partial charge < -0.3 is 9.55 Å². The first-order chi connectivity index (χ1) is 8.59. The Labute approximate surface area is 111 Å². The number of imidazole rings is 1. The van der Waals surface area contributed by atoms with Gasteiger partial charge in [0.2, 0.25) is 0 Å². The summed E-state index contributed by atoms with van der Waals surface area (Å²) in [7, 11) is 0. The molecule has 0 fully saturated rings. The minimum Gasteiger partial charge on any atom is -0.337 e. The van der Waals surface area contributed by atoms with E-state index in [1.165, 1.54) is 6.07 Å². The molecule has 0 spiro atoms. The number of benzene rings is 1. The fraction of sp³-hybridized carbons (Fsp3) is 0.357. The van der Waals surface area contributed by atoms with Crippen LogP contribution in [0, 0.1) is 10.6 Å². The van der Waals surface area contributed by atoms with Crippen molar-refractivity contribution in [1.29, 1.82) is 0 Å². The number of rotatable bonds is 4. The maximum absolute atomic E-state index is 13.5. The molecule has 0 saturated carbocycles. The Morgan fingerprint density at radius 3 is 2.72 bits per heavy atom. The molecule has 1 aromatic carbocycles. The van der Waals surface area contributed by atoms with Gasteiger partial charge in [-0.3, -0.25) is 0 Å². The van der Waals surface area contributed by atoms with Gasteiger partial charge in [0.1, 0.15) is 5.82 Å². The van der Waals surface area contributed by atoms with Crippen molar-refractivity contribution < 1.29 is 4.39 Å². The van der Waals surface area contributed by atoms with Crippen molar-refractivity contribution >= 4 is 12.2 Å². The summed E-state index contributed by atoms with van der Waals surface area (Å²) in [6.07, 6.45) is 2.59. The highest BCUT2D eigenvalue weighted by Gasteiger charge is 2.08. The molecular weight excluding hydrogens is 247 g/mol. The Morgan fingerprint density at radius 2 is 2.06 bits per heavy atom. The largest absolute Gasteiger partial charge is 0.337 e. The van der Waals surface area contributed by atoms with Gasteiger partial charge in [0, 0.05) is 18.4 Å². The molecule has 0 aliphatic rings. The monoisotopic (exact) mass is 264 g/mol. The zero-order valence-electron chi connectivity index (χ0n) is 10.6. The summed E-state index contributed by atoms with van der Waals surface area (Å²) >= 11 is 5.25. The molecule has 0 radical (unpaired) electrons. The first-order valence-electron chi connectivity index (χ1n) is 6.11. The van der Waals surface area contributed by atoms with Gasteiger partial charge in [0.15, 0.2) is 4.77 Å². The van der Waals surface area contributed by atoms with E-state index in [0.717, 1.165) is 11.3 Å². The second-order valence-corrected chi connectivity index (χ2v) is 5.05. The number of hydrogen-bond donors (Lipinski definition) is 1. The third-order valence-corrected chi connectivity index (χ3v) is 3.39. The van der Waals surface area contributed by atoms with Crippen LogP contribution < -0.4 is 0 Å². The highest BCUT2D eigenvalue weighted by Crippen LogP contribution is 2.16. The normalized spacial score (nSPS) is 11.1. The van der Waals surface area contributed by atoms with Crippen LogP contribution in [0.25, 0.3) is 0 Å². The number of nitrogens with one attached hydrogen (secondary N) is 1. The summed E-state index contributed by atoms with van der Waals surface area (Å²) in [4.78, 5) is 3.05. The van der Waals surface area contributed by atoms with E-state index in [4.69, 9.17) is 12.2 Å². The first kappa shape index (κ1) is 13.0. The number of hydrogen-bond acceptors (Lipinski definition) is 1. The molecule has 96 valence electrons. The average molecular weight is 264 g/mol. The lowest BCUT2D eigenvalue weighted by atomic mass is 10.1. The van der Waals surface area contributed by atoms with E-state index in [2.05, 4.69) is 18.8 Å². The number of halogens is 1. The summed E-state index contributed by atoms with van der Waals surface area (Å²) in [5.74, 6) is 0.254. The van der Waals surface area contributed by atoms with Gasteiger partial charge >= 0.3 is 0 Å². The SMILES string of the molecule is CC(C)c1c[nH]c(=S)n1CCc1ccccc1F.